The Hall–Kier alpha value is -2.82. The molecule has 0 unspecified atom stereocenters. The third kappa shape index (κ3) is 7.13. The molecule has 0 bridgehead atoms. The topological polar surface area (TPSA) is 72.8 Å². The number of carboxylic acid groups (broad SMARTS) is 1. The van der Waals surface area contributed by atoms with Crippen LogP contribution in [0, 0.1) is 0 Å². The summed E-state index contributed by atoms with van der Waals surface area (Å²) in [5, 5.41) is 8.87. The van der Waals surface area contributed by atoms with E-state index in [0.29, 0.717) is 17.9 Å². The van der Waals surface area contributed by atoms with Crippen molar-refractivity contribution in [3.8, 4) is 11.5 Å². The standard InChI is InChI=1S/C22H26O5/c1-2-3-4-5-6-7-16-26-19-12-10-18(11-13-19)22(25)27-20-14-8-17(9-15-20)21(23)24/h8-15H,2-7,16H2,1H3,(H,23,24). The van der Waals surface area contributed by atoms with Crippen LogP contribution < -0.4 is 9.47 Å². The van der Waals surface area contributed by atoms with E-state index in [2.05, 4.69) is 6.92 Å². The van der Waals surface area contributed by atoms with Gasteiger partial charge in [-0.1, -0.05) is 39.0 Å². The Kier molecular flexibility index (Phi) is 8.36. The number of benzene rings is 2. The van der Waals surface area contributed by atoms with Gasteiger partial charge in [-0.05, 0) is 55.0 Å². The van der Waals surface area contributed by atoms with E-state index in [0.717, 1.165) is 12.2 Å². The minimum atomic E-state index is -1.02. The zero-order valence-electron chi connectivity index (χ0n) is 15.6. The number of carbonyl (C=O) groups excluding carboxylic acids is 1. The van der Waals surface area contributed by atoms with Gasteiger partial charge in [-0.2, -0.15) is 0 Å². The average molecular weight is 370 g/mol. The van der Waals surface area contributed by atoms with Crippen molar-refractivity contribution in [1.29, 1.82) is 0 Å². The second kappa shape index (κ2) is 11.0. The summed E-state index contributed by atoms with van der Waals surface area (Å²) in [5.41, 5.74) is 0.547. The second-order valence-corrected chi connectivity index (χ2v) is 6.36. The van der Waals surface area contributed by atoms with Crippen molar-refractivity contribution in [2.24, 2.45) is 0 Å². The van der Waals surface area contributed by atoms with Crippen molar-refractivity contribution in [2.45, 2.75) is 45.4 Å². The lowest BCUT2D eigenvalue weighted by atomic mass is 10.1. The van der Waals surface area contributed by atoms with Gasteiger partial charge in [-0.3, -0.25) is 0 Å². The van der Waals surface area contributed by atoms with Crippen LogP contribution in [-0.4, -0.2) is 23.7 Å². The van der Waals surface area contributed by atoms with Gasteiger partial charge < -0.3 is 14.6 Å². The van der Waals surface area contributed by atoms with Crippen LogP contribution in [0.3, 0.4) is 0 Å². The van der Waals surface area contributed by atoms with E-state index in [4.69, 9.17) is 14.6 Å². The van der Waals surface area contributed by atoms with Gasteiger partial charge in [0.2, 0.25) is 0 Å². The first kappa shape index (κ1) is 20.5. The highest BCUT2D eigenvalue weighted by Gasteiger charge is 2.10. The Bertz CT molecular complexity index is 719. The third-order valence-corrected chi connectivity index (χ3v) is 4.17. The van der Waals surface area contributed by atoms with Gasteiger partial charge in [0.05, 0.1) is 17.7 Å². The van der Waals surface area contributed by atoms with Crippen molar-refractivity contribution < 1.29 is 24.2 Å². The van der Waals surface area contributed by atoms with Gasteiger partial charge in [-0.15, -0.1) is 0 Å². The molecule has 0 radical (unpaired) electrons. The number of carboxylic acids is 1. The first-order valence-electron chi connectivity index (χ1n) is 9.38. The van der Waals surface area contributed by atoms with Crippen molar-refractivity contribution in [1.82, 2.24) is 0 Å². The lowest BCUT2D eigenvalue weighted by molar-refractivity contribution is 0.0696. The summed E-state index contributed by atoms with van der Waals surface area (Å²) in [6.07, 6.45) is 7.27. The SMILES string of the molecule is CCCCCCCCOc1ccc(C(=O)Oc2ccc(C(=O)O)cc2)cc1. The minimum absolute atomic E-state index is 0.140. The molecular formula is C22H26O5. The Balaban J connectivity index is 1.76. The number of unbranched alkanes of at least 4 members (excludes halogenated alkanes) is 5. The maximum atomic E-state index is 12.2. The predicted molar refractivity (Wildman–Crippen MR) is 104 cm³/mol. The highest BCUT2D eigenvalue weighted by molar-refractivity contribution is 5.91. The Morgan fingerprint density at radius 2 is 1.33 bits per heavy atom. The molecule has 2 aromatic rings. The van der Waals surface area contributed by atoms with E-state index in [-0.39, 0.29) is 5.56 Å². The van der Waals surface area contributed by atoms with Crippen molar-refractivity contribution in [2.75, 3.05) is 6.61 Å². The van der Waals surface area contributed by atoms with Gasteiger partial charge in [0.25, 0.3) is 0 Å². The van der Waals surface area contributed by atoms with Gasteiger partial charge >= 0.3 is 11.9 Å². The van der Waals surface area contributed by atoms with E-state index >= 15 is 0 Å². The maximum absolute atomic E-state index is 12.2. The normalized spacial score (nSPS) is 10.4. The molecule has 0 aromatic heterocycles. The largest absolute Gasteiger partial charge is 0.494 e. The van der Waals surface area contributed by atoms with E-state index < -0.39 is 11.9 Å². The number of carbonyl (C=O) groups is 2. The highest BCUT2D eigenvalue weighted by atomic mass is 16.5. The smallest absolute Gasteiger partial charge is 0.343 e. The van der Waals surface area contributed by atoms with Crippen molar-refractivity contribution in [3.63, 3.8) is 0 Å². The van der Waals surface area contributed by atoms with Crippen LogP contribution in [-0.2, 0) is 0 Å². The van der Waals surface area contributed by atoms with E-state index in [9.17, 15) is 9.59 Å². The van der Waals surface area contributed by atoms with Crippen LogP contribution in [0.2, 0.25) is 0 Å². The molecule has 2 rings (SSSR count). The summed E-state index contributed by atoms with van der Waals surface area (Å²) in [7, 11) is 0. The molecular weight excluding hydrogens is 344 g/mol. The number of esters is 1. The van der Waals surface area contributed by atoms with Crippen LogP contribution in [0.15, 0.2) is 48.5 Å². The molecule has 0 saturated heterocycles. The molecule has 0 aliphatic heterocycles. The van der Waals surface area contributed by atoms with Crippen molar-refractivity contribution in [3.05, 3.63) is 59.7 Å². The number of aromatic carboxylic acids is 1. The average Bonchev–Trinajstić information content (AvgIpc) is 2.68. The fraction of sp³-hybridized carbons (Fsp3) is 0.364. The summed E-state index contributed by atoms with van der Waals surface area (Å²) in [5.74, 6) is -0.496. The number of ether oxygens (including phenoxy) is 2. The molecule has 0 fully saturated rings. The number of hydrogen-bond acceptors (Lipinski definition) is 4. The van der Waals surface area contributed by atoms with E-state index in [1.54, 1.807) is 24.3 Å². The fourth-order valence-corrected chi connectivity index (χ4v) is 2.59. The van der Waals surface area contributed by atoms with E-state index in [1.807, 2.05) is 0 Å². The molecule has 0 aliphatic carbocycles. The lowest BCUT2D eigenvalue weighted by Gasteiger charge is -2.08. The molecule has 1 N–H and O–H groups in total. The van der Waals surface area contributed by atoms with Crippen LogP contribution in [0.5, 0.6) is 11.5 Å². The predicted octanol–water partition coefficient (Wildman–Crippen LogP) is 5.34. The molecule has 0 atom stereocenters. The molecule has 0 heterocycles. The quantitative estimate of drug-likeness (QED) is 0.328. The summed E-state index contributed by atoms with van der Waals surface area (Å²) in [6, 6.07) is 12.5. The third-order valence-electron chi connectivity index (χ3n) is 4.17. The zero-order valence-corrected chi connectivity index (χ0v) is 15.6. The van der Waals surface area contributed by atoms with Gasteiger partial charge in [-0.25, -0.2) is 9.59 Å². The zero-order chi connectivity index (χ0) is 19.5. The molecule has 2 aromatic carbocycles. The summed E-state index contributed by atoms with van der Waals surface area (Å²) in [6.45, 7) is 2.88. The Labute approximate surface area is 159 Å². The molecule has 0 amide bonds. The Morgan fingerprint density at radius 1 is 0.778 bits per heavy atom. The molecule has 0 saturated carbocycles. The lowest BCUT2D eigenvalue weighted by Crippen LogP contribution is -2.08. The van der Waals surface area contributed by atoms with E-state index in [1.165, 1.54) is 56.4 Å². The number of hydrogen-bond donors (Lipinski definition) is 1. The summed E-state index contributed by atoms with van der Waals surface area (Å²) in [4.78, 5) is 23.0. The highest BCUT2D eigenvalue weighted by Crippen LogP contribution is 2.17. The molecule has 27 heavy (non-hydrogen) atoms. The van der Waals surface area contributed by atoms with Crippen LogP contribution in [0.25, 0.3) is 0 Å². The second-order valence-electron chi connectivity index (χ2n) is 6.36. The molecule has 0 aliphatic rings. The first-order chi connectivity index (χ1) is 13.1. The summed E-state index contributed by atoms with van der Waals surface area (Å²) >= 11 is 0. The van der Waals surface area contributed by atoms with Gasteiger partial charge in [0, 0.05) is 0 Å². The van der Waals surface area contributed by atoms with Crippen LogP contribution in [0.4, 0.5) is 0 Å². The Morgan fingerprint density at radius 3 is 1.96 bits per heavy atom. The fourth-order valence-electron chi connectivity index (χ4n) is 2.59. The monoisotopic (exact) mass is 370 g/mol. The first-order valence-corrected chi connectivity index (χ1v) is 9.38. The summed E-state index contributed by atoms with van der Waals surface area (Å²) < 4.78 is 10.9. The molecule has 144 valence electrons. The van der Waals surface area contributed by atoms with Crippen LogP contribution in [0.1, 0.15) is 66.2 Å². The van der Waals surface area contributed by atoms with Crippen molar-refractivity contribution >= 4 is 11.9 Å². The molecule has 0 spiro atoms. The molecule has 5 nitrogen and oxygen atoms in total. The maximum Gasteiger partial charge on any atom is 0.343 e. The van der Waals surface area contributed by atoms with Gasteiger partial charge in [0.1, 0.15) is 11.5 Å². The number of rotatable bonds is 11. The molecule has 5 heteroatoms. The minimum Gasteiger partial charge on any atom is -0.494 e. The van der Waals surface area contributed by atoms with Crippen LogP contribution >= 0.6 is 0 Å². The van der Waals surface area contributed by atoms with Gasteiger partial charge in [0.15, 0.2) is 0 Å².